The van der Waals surface area contributed by atoms with Gasteiger partial charge in [-0.1, -0.05) is 12.1 Å². The van der Waals surface area contributed by atoms with Crippen LogP contribution in [0.1, 0.15) is 5.56 Å². The lowest BCUT2D eigenvalue weighted by molar-refractivity contribution is 0.244. The first-order chi connectivity index (χ1) is 12.7. The van der Waals surface area contributed by atoms with E-state index in [1.807, 2.05) is 24.3 Å². The molecule has 0 N–H and O–H groups in total. The molecule has 26 heavy (non-hydrogen) atoms. The molecule has 0 aliphatic carbocycles. The number of halogens is 1. The minimum atomic E-state index is -0.164. The van der Waals surface area contributed by atoms with Gasteiger partial charge in [0.25, 0.3) is 0 Å². The molecule has 0 radical (unpaired) electrons. The largest absolute Gasteiger partial charge is 0.496 e. The third-order valence-corrected chi connectivity index (χ3v) is 4.75. The van der Waals surface area contributed by atoms with Crippen molar-refractivity contribution < 1.29 is 18.6 Å². The SMILES string of the molecule is COc1cc(OC)c(OC)cc1CN1CCN(c2ccccc2F)CC1. The van der Waals surface area contributed by atoms with Crippen LogP contribution in [0.2, 0.25) is 0 Å². The fraction of sp³-hybridized carbons (Fsp3) is 0.400. The zero-order valence-corrected chi connectivity index (χ0v) is 15.5. The second-order valence-corrected chi connectivity index (χ2v) is 6.23. The van der Waals surface area contributed by atoms with Crippen LogP contribution in [-0.4, -0.2) is 52.4 Å². The maximum atomic E-state index is 14.0. The first-order valence-electron chi connectivity index (χ1n) is 8.67. The van der Waals surface area contributed by atoms with E-state index in [0.29, 0.717) is 17.2 Å². The molecule has 0 bridgehead atoms. The van der Waals surface area contributed by atoms with Gasteiger partial charge in [0.1, 0.15) is 11.6 Å². The number of hydrogen-bond acceptors (Lipinski definition) is 5. The molecule has 1 heterocycles. The molecule has 0 saturated carbocycles. The van der Waals surface area contributed by atoms with Gasteiger partial charge in [-0.3, -0.25) is 4.90 Å². The standard InChI is InChI=1S/C20H25FN2O3/c1-24-18-13-20(26-3)19(25-2)12-15(18)14-22-8-10-23(11-9-22)17-7-5-4-6-16(17)21/h4-7,12-13H,8-11,14H2,1-3H3. The van der Waals surface area contributed by atoms with Crippen molar-refractivity contribution in [2.75, 3.05) is 52.4 Å². The lowest BCUT2D eigenvalue weighted by Crippen LogP contribution is -2.46. The van der Waals surface area contributed by atoms with E-state index >= 15 is 0 Å². The quantitative estimate of drug-likeness (QED) is 0.790. The van der Waals surface area contributed by atoms with Gasteiger partial charge in [-0.15, -0.1) is 0 Å². The summed E-state index contributed by atoms with van der Waals surface area (Å²) in [5.41, 5.74) is 1.72. The van der Waals surface area contributed by atoms with Crippen LogP contribution in [-0.2, 0) is 6.54 Å². The number of piperazine rings is 1. The van der Waals surface area contributed by atoms with Crippen molar-refractivity contribution in [3.8, 4) is 17.2 Å². The first kappa shape index (κ1) is 18.3. The molecule has 3 rings (SSSR count). The fourth-order valence-electron chi connectivity index (χ4n) is 3.31. The van der Waals surface area contributed by atoms with Crippen LogP contribution in [0.15, 0.2) is 36.4 Å². The third-order valence-electron chi connectivity index (χ3n) is 4.75. The molecule has 0 amide bonds. The molecule has 140 valence electrons. The summed E-state index contributed by atoms with van der Waals surface area (Å²) in [5.74, 6) is 1.95. The molecule has 1 aliphatic heterocycles. The Hall–Kier alpha value is -2.47. The van der Waals surface area contributed by atoms with E-state index in [1.165, 1.54) is 6.07 Å². The Morgan fingerprint density at radius 1 is 0.846 bits per heavy atom. The van der Waals surface area contributed by atoms with Crippen molar-refractivity contribution in [1.82, 2.24) is 4.90 Å². The molecule has 0 unspecified atom stereocenters. The van der Waals surface area contributed by atoms with E-state index in [4.69, 9.17) is 14.2 Å². The smallest absolute Gasteiger partial charge is 0.164 e. The highest BCUT2D eigenvalue weighted by Crippen LogP contribution is 2.35. The van der Waals surface area contributed by atoms with Crippen LogP contribution in [0.4, 0.5) is 10.1 Å². The Morgan fingerprint density at radius 2 is 1.46 bits per heavy atom. The van der Waals surface area contributed by atoms with Gasteiger partial charge in [0.2, 0.25) is 0 Å². The zero-order valence-electron chi connectivity index (χ0n) is 15.5. The molecule has 0 atom stereocenters. The molecule has 2 aromatic rings. The molecular weight excluding hydrogens is 335 g/mol. The van der Waals surface area contributed by atoms with Crippen LogP contribution in [0, 0.1) is 5.82 Å². The van der Waals surface area contributed by atoms with E-state index < -0.39 is 0 Å². The summed E-state index contributed by atoms with van der Waals surface area (Å²) < 4.78 is 30.2. The van der Waals surface area contributed by atoms with E-state index in [0.717, 1.165) is 44.0 Å². The summed E-state index contributed by atoms with van der Waals surface area (Å²) in [6.07, 6.45) is 0. The average Bonchev–Trinajstić information content (AvgIpc) is 2.68. The minimum absolute atomic E-state index is 0.164. The van der Waals surface area contributed by atoms with Gasteiger partial charge in [-0.2, -0.15) is 0 Å². The highest BCUT2D eigenvalue weighted by molar-refractivity contribution is 5.51. The second kappa shape index (κ2) is 8.27. The Labute approximate surface area is 153 Å². The fourth-order valence-corrected chi connectivity index (χ4v) is 3.31. The Bertz CT molecular complexity index is 746. The maximum Gasteiger partial charge on any atom is 0.164 e. The molecular formula is C20H25FN2O3. The van der Waals surface area contributed by atoms with Gasteiger partial charge < -0.3 is 19.1 Å². The first-order valence-corrected chi connectivity index (χ1v) is 8.67. The Morgan fingerprint density at radius 3 is 2.08 bits per heavy atom. The number of benzene rings is 2. The number of anilines is 1. The summed E-state index contributed by atoms with van der Waals surface area (Å²) >= 11 is 0. The van der Waals surface area contributed by atoms with Crippen molar-refractivity contribution in [1.29, 1.82) is 0 Å². The van der Waals surface area contributed by atoms with E-state index in [2.05, 4.69) is 9.80 Å². The number of rotatable bonds is 6. The molecule has 1 fully saturated rings. The third kappa shape index (κ3) is 3.85. The zero-order chi connectivity index (χ0) is 18.5. The molecule has 0 aromatic heterocycles. The highest BCUT2D eigenvalue weighted by atomic mass is 19.1. The molecule has 1 saturated heterocycles. The van der Waals surface area contributed by atoms with Crippen LogP contribution in [0.25, 0.3) is 0 Å². The molecule has 0 spiro atoms. The summed E-state index contributed by atoms with van der Waals surface area (Å²) in [6.45, 7) is 4.03. The van der Waals surface area contributed by atoms with Gasteiger partial charge in [-0.05, 0) is 18.2 Å². The van der Waals surface area contributed by atoms with Gasteiger partial charge in [0.15, 0.2) is 11.5 Å². The van der Waals surface area contributed by atoms with Crippen molar-refractivity contribution in [2.24, 2.45) is 0 Å². The maximum absolute atomic E-state index is 14.0. The van der Waals surface area contributed by atoms with Gasteiger partial charge in [-0.25, -0.2) is 4.39 Å². The molecule has 6 heteroatoms. The predicted octanol–water partition coefficient (Wildman–Crippen LogP) is 3.17. The summed E-state index contributed by atoms with van der Waals surface area (Å²) in [7, 11) is 4.89. The van der Waals surface area contributed by atoms with Gasteiger partial charge in [0, 0.05) is 44.4 Å². The van der Waals surface area contributed by atoms with Crippen molar-refractivity contribution in [2.45, 2.75) is 6.54 Å². The van der Waals surface area contributed by atoms with E-state index in [-0.39, 0.29) is 5.82 Å². The van der Waals surface area contributed by atoms with E-state index in [1.54, 1.807) is 27.4 Å². The summed E-state index contributed by atoms with van der Waals surface area (Å²) in [5, 5.41) is 0. The molecule has 2 aromatic carbocycles. The number of para-hydroxylation sites is 1. The normalized spacial score (nSPS) is 15.0. The minimum Gasteiger partial charge on any atom is -0.496 e. The number of hydrogen-bond donors (Lipinski definition) is 0. The van der Waals surface area contributed by atoms with Crippen LogP contribution in [0.5, 0.6) is 17.2 Å². The predicted molar refractivity (Wildman–Crippen MR) is 100.0 cm³/mol. The second-order valence-electron chi connectivity index (χ2n) is 6.23. The van der Waals surface area contributed by atoms with E-state index in [9.17, 15) is 4.39 Å². The number of nitrogens with zero attached hydrogens (tertiary/aromatic N) is 2. The Balaban J connectivity index is 1.69. The van der Waals surface area contributed by atoms with Crippen molar-refractivity contribution in [3.05, 3.63) is 47.8 Å². The highest BCUT2D eigenvalue weighted by Gasteiger charge is 2.21. The van der Waals surface area contributed by atoms with Gasteiger partial charge in [0.05, 0.1) is 27.0 Å². The van der Waals surface area contributed by atoms with Crippen molar-refractivity contribution >= 4 is 5.69 Å². The number of methoxy groups -OCH3 is 3. The monoisotopic (exact) mass is 360 g/mol. The summed E-state index contributed by atoms with van der Waals surface area (Å²) in [6, 6.07) is 10.8. The van der Waals surface area contributed by atoms with Crippen LogP contribution >= 0.6 is 0 Å². The lowest BCUT2D eigenvalue weighted by Gasteiger charge is -2.36. The summed E-state index contributed by atoms with van der Waals surface area (Å²) in [4.78, 5) is 4.43. The van der Waals surface area contributed by atoms with Crippen LogP contribution in [0.3, 0.4) is 0 Å². The van der Waals surface area contributed by atoms with Gasteiger partial charge >= 0.3 is 0 Å². The molecule has 1 aliphatic rings. The average molecular weight is 360 g/mol. The Kier molecular flexibility index (Phi) is 5.83. The van der Waals surface area contributed by atoms with Crippen LogP contribution < -0.4 is 19.1 Å². The lowest BCUT2D eigenvalue weighted by atomic mass is 10.1. The number of ether oxygens (including phenoxy) is 3. The molecule has 5 nitrogen and oxygen atoms in total. The topological polar surface area (TPSA) is 34.2 Å². The van der Waals surface area contributed by atoms with Crippen molar-refractivity contribution in [3.63, 3.8) is 0 Å².